The number of carbonyl (C=O) groups excluding carboxylic acids is 1. The number of hydrogen-bond donors (Lipinski definition) is 2. The van der Waals surface area contributed by atoms with Crippen molar-refractivity contribution in [2.45, 2.75) is 46.1 Å². The molecular weight excluding hydrogens is 561 g/mol. The van der Waals surface area contributed by atoms with Gasteiger partial charge < -0.3 is 41.7 Å². The quantitative estimate of drug-likeness (QED) is 0.386. The SMILES string of the molecule is CC[N+]1(C[C@@H](NC(=O)Nc2cc(OC)c(OC)c(OC)c2)C(C)C)CCC(Cc2ccc(Cl)c(Cl)c2)CC1.[Cl-]. The number of benzene rings is 2. The Balaban J connectivity index is 0.00000533. The third-order valence-corrected chi connectivity index (χ3v) is 8.57. The lowest BCUT2D eigenvalue weighted by atomic mass is 9.88. The molecule has 0 radical (unpaired) electrons. The van der Waals surface area contributed by atoms with E-state index in [2.05, 4.69) is 37.5 Å². The zero-order chi connectivity index (χ0) is 27.9. The van der Waals surface area contributed by atoms with E-state index in [0.717, 1.165) is 49.9 Å². The van der Waals surface area contributed by atoms with Gasteiger partial charge in [0.05, 0.1) is 69.3 Å². The van der Waals surface area contributed by atoms with Crippen molar-refractivity contribution in [1.82, 2.24) is 5.32 Å². The number of piperidine rings is 1. The van der Waals surface area contributed by atoms with Gasteiger partial charge in [-0.25, -0.2) is 4.79 Å². The van der Waals surface area contributed by atoms with E-state index in [-0.39, 0.29) is 30.4 Å². The number of amides is 2. The normalized spacial score (nSPS) is 19.6. The maximum absolute atomic E-state index is 13.1. The van der Waals surface area contributed by atoms with Gasteiger partial charge in [-0.1, -0.05) is 43.1 Å². The first-order valence-corrected chi connectivity index (χ1v) is 14.1. The van der Waals surface area contributed by atoms with Gasteiger partial charge in [-0.05, 0) is 55.7 Å². The summed E-state index contributed by atoms with van der Waals surface area (Å²) in [5.74, 6) is 2.37. The zero-order valence-electron chi connectivity index (χ0n) is 23.8. The Morgan fingerprint density at radius 3 is 2.10 bits per heavy atom. The fourth-order valence-corrected chi connectivity index (χ4v) is 5.65. The predicted molar refractivity (Wildman–Crippen MR) is 155 cm³/mol. The second-order valence-corrected chi connectivity index (χ2v) is 11.4. The minimum absolute atomic E-state index is 0. The van der Waals surface area contributed by atoms with Crippen molar-refractivity contribution in [3.05, 3.63) is 45.9 Å². The molecule has 0 unspecified atom stereocenters. The highest BCUT2D eigenvalue weighted by molar-refractivity contribution is 6.42. The lowest BCUT2D eigenvalue weighted by Gasteiger charge is -2.45. The van der Waals surface area contributed by atoms with Gasteiger partial charge in [0.15, 0.2) is 11.5 Å². The minimum Gasteiger partial charge on any atom is -1.00 e. The largest absolute Gasteiger partial charge is 1.00 e. The molecule has 1 heterocycles. The predicted octanol–water partition coefficient (Wildman–Crippen LogP) is 3.66. The van der Waals surface area contributed by atoms with Gasteiger partial charge in [0.2, 0.25) is 5.75 Å². The van der Waals surface area contributed by atoms with Crippen molar-refractivity contribution in [3.8, 4) is 17.2 Å². The fraction of sp³-hybridized carbons (Fsp3) is 0.552. The highest BCUT2D eigenvalue weighted by Crippen LogP contribution is 2.40. The van der Waals surface area contributed by atoms with Crippen LogP contribution >= 0.6 is 23.2 Å². The molecule has 0 aromatic heterocycles. The molecule has 39 heavy (non-hydrogen) atoms. The molecule has 1 aliphatic heterocycles. The molecule has 0 bridgehead atoms. The summed E-state index contributed by atoms with van der Waals surface area (Å²) in [6, 6.07) is 9.19. The van der Waals surface area contributed by atoms with E-state index in [0.29, 0.717) is 38.9 Å². The Kier molecular flexibility index (Phi) is 12.8. The number of halogens is 3. The fourth-order valence-electron chi connectivity index (χ4n) is 5.33. The van der Waals surface area contributed by atoms with E-state index in [9.17, 15) is 4.79 Å². The van der Waals surface area contributed by atoms with Crippen molar-refractivity contribution < 1.29 is 35.9 Å². The number of ether oxygens (including phenoxy) is 3. The molecule has 0 saturated carbocycles. The zero-order valence-corrected chi connectivity index (χ0v) is 26.1. The first-order valence-electron chi connectivity index (χ1n) is 13.3. The van der Waals surface area contributed by atoms with Crippen molar-refractivity contribution in [3.63, 3.8) is 0 Å². The number of carbonyl (C=O) groups is 1. The lowest BCUT2D eigenvalue weighted by Crippen LogP contribution is -3.00. The summed E-state index contributed by atoms with van der Waals surface area (Å²) >= 11 is 12.3. The summed E-state index contributed by atoms with van der Waals surface area (Å²) in [6.45, 7) is 10.7. The average Bonchev–Trinajstić information content (AvgIpc) is 2.90. The lowest BCUT2D eigenvalue weighted by molar-refractivity contribution is -0.933. The Bertz CT molecular complexity index is 1070. The number of nitrogens with zero attached hydrogens (tertiary/aromatic N) is 1. The first kappa shape index (κ1) is 33.1. The van der Waals surface area contributed by atoms with Gasteiger partial charge in [-0.2, -0.15) is 0 Å². The van der Waals surface area contributed by atoms with Gasteiger partial charge in [0.25, 0.3) is 0 Å². The maximum atomic E-state index is 13.1. The van der Waals surface area contributed by atoms with Crippen LogP contribution in [0.4, 0.5) is 10.5 Å². The van der Waals surface area contributed by atoms with E-state index in [1.54, 1.807) is 33.5 Å². The molecule has 1 saturated heterocycles. The monoisotopic (exact) mass is 601 g/mol. The minimum atomic E-state index is -0.248. The van der Waals surface area contributed by atoms with Crippen LogP contribution in [0.15, 0.2) is 30.3 Å². The van der Waals surface area contributed by atoms with Crippen LogP contribution in [0.25, 0.3) is 0 Å². The Labute approximate surface area is 249 Å². The number of rotatable bonds is 11. The Morgan fingerprint density at radius 1 is 1.00 bits per heavy atom. The summed E-state index contributed by atoms with van der Waals surface area (Å²) in [4.78, 5) is 13.1. The molecular formula is C29H42Cl3N3O4. The number of likely N-dealkylation sites (N-methyl/N-ethyl adjacent to an activating group) is 1. The summed E-state index contributed by atoms with van der Waals surface area (Å²) < 4.78 is 17.2. The topological polar surface area (TPSA) is 68.8 Å². The van der Waals surface area contributed by atoms with Crippen molar-refractivity contribution in [2.24, 2.45) is 11.8 Å². The molecule has 1 atom stereocenters. The molecule has 0 aliphatic carbocycles. The van der Waals surface area contributed by atoms with Crippen LogP contribution in [0.3, 0.4) is 0 Å². The highest BCUT2D eigenvalue weighted by atomic mass is 35.5. The maximum Gasteiger partial charge on any atom is 0.319 e. The van der Waals surface area contributed by atoms with Gasteiger partial charge >= 0.3 is 6.03 Å². The molecule has 2 N–H and O–H groups in total. The van der Waals surface area contributed by atoms with E-state index < -0.39 is 0 Å². The van der Waals surface area contributed by atoms with Crippen LogP contribution in [0, 0.1) is 11.8 Å². The van der Waals surface area contributed by atoms with Crippen LogP contribution in [0.1, 0.15) is 39.2 Å². The summed E-state index contributed by atoms with van der Waals surface area (Å²) in [6.07, 6.45) is 3.32. The summed E-state index contributed by atoms with van der Waals surface area (Å²) in [5, 5.41) is 7.40. The van der Waals surface area contributed by atoms with Crippen LogP contribution < -0.4 is 37.3 Å². The van der Waals surface area contributed by atoms with Gasteiger partial charge in [0.1, 0.15) is 0 Å². The number of nitrogens with one attached hydrogen (secondary N) is 2. The summed E-state index contributed by atoms with van der Waals surface area (Å²) in [5.41, 5.74) is 1.81. The van der Waals surface area contributed by atoms with Crippen LogP contribution in [-0.2, 0) is 6.42 Å². The van der Waals surface area contributed by atoms with Crippen LogP contribution in [0.5, 0.6) is 17.2 Å². The Hall–Kier alpha value is -2.06. The molecule has 1 aliphatic rings. The second-order valence-electron chi connectivity index (χ2n) is 10.5. The molecule has 2 aromatic rings. The second kappa shape index (κ2) is 15.1. The molecule has 10 heteroatoms. The van der Waals surface area contributed by atoms with Crippen LogP contribution in [0.2, 0.25) is 10.0 Å². The van der Waals surface area contributed by atoms with E-state index >= 15 is 0 Å². The van der Waals surface area contributed by atoms with Crippen molar-refractivity contribution in [1.29, 1.82) is 0 Å². The molecule has 3 rings (SSSR count). The van der Waals surface area contributed by atoms with E-state index in [1.807, 2.05) is 12.1 Å². The molecule has 0 spiro atoms. The van der Waals surface area contributed by atoms with Gasteiger partial charge in [0, 0.05) is 12.1 Å². The summed E-state index contributed by atoms with van der Waals surface area (Å²) in [7, 11) is 4.66. The molecule has 2 amide bonds. The van der Waals surface area contributed by atoms with Crippen molar-refractivity contribution in [2.75, 3.05) is 52.8 Å². The number of methoxy groups -OCH3 is 3. The highest BCUT2D eigenvalue weighted by Gasteiger charge is 2.36. The first-order chi connectivity index (χ1) is 18.1. The number of anilines is 1. The molecule has 2 aromatic carbocycles. The smallest absolute Gasteiger partial charge is 0.319 e. The van der Waals surface area contributed by atoms with Gasteiger partial charge in [-0.15, -0.1) is 0 Å². The number of likely N-dealkylation sites (tertiary alicyclic amines) is 1. The third kappa shape index (κ3) is 8.71. The molecule has 218 valence electrons. The van der Waals surface area contributed by atoms with E-state index in [4.69, 9.17) is 37.4 Å². The third-order valence-electron chi connectivity index (χ3n) is 7.83. The van der Waals surface area contributed by atoms with E-state index in [1.165, 1.54) is 5.56 Å². The van der Waals surface area contributed by atoms with Crippen molar-refractivity contribution >= 4 is 34.9 Å². The van der Waals surface area contributed by atoms with Gasteiger partial charge in [-0.3, -0.25) is 0 Å². The standard InChI is InChI=1S/C29H41Cl2N3O4.ClH/c1-7-34(12-10-20(11-13-34)14-21-8-9-23(30)24(31)15-21)18-25(19(2)3)33-29(35)32-22-16-26(36-4)28(38-6)27(17-22)37-5;/h8-9,15-17,19-20,25H,7,10-14,18H2,1-6H3,(H-,32,33,35);1H/t20?,25-,34?;/m1./s1. The number of hydrogen-bond acceptors (Lipinski definition) is 4. The molecule has 1 fully saturated rings. The van der Waals surface area contributed by atoms with Crippen LogP contribution in [-0.4, -0.2) is 64.1 Å². The number of urea groups is 1. The molecule has 7 nitrogen and oxygen atoms in total. The average molecular weight is 603 g/mol. The Morgan fingerprint density at radius 2 is 1.62 bits per heavy atom. The number of quaternary nitrogens is 1.